The first-order chi connectivity index (χ1) is 3.73. The number of carbonyl (C=O) groups is 1. The molecule has 0 aliphatic heterocycles. The average Bonchev–Trinajstić information content (AvgIpc) is 1.19. The Morgan fingerprint density at radius 2 is 1.18 bits per heavy atom. The number of hydrogen-bond acceptors (Lipinski definition) is 6. The van der Waals surface area contributed by atoms with E-state index < -0.39 is 20.7 Å². The van der Waals surface area contributed by atoms with Gasteiger partial charge in [0, 0.05) is 0 Å². The molecule has 0 fully saturated rings. The van der Waals surface area contributed by atoms with Crippen LogP contribution in [0.1, 0.15) is 0 Å². The van der Waals surface area contributed by atoms with Crippen molar-refractivity contribution in [3.8, 4) is 0 Å². The van der Waals surface area contributed by atoms with Gasteiger partial charge in [-0.25, -0.2) is 0 Å². The number of carboxylic acid groups (broad SMARTS) is 2. The van der Waals surface area contributed by atoms with Crippen LogP contribution in [0.5, 0.6) is 0 Å². The molecule has 4 radical (unpaired) electrons. The van der Waals surface area contributed by atoms with E-state index in [4.69, 9.17) is 31.0 Å². The topological polar surface area (TPSA) is 147 Å². The molecule has 11 heavy (non-hydrogen) atoms. The van der Waals surface area contributed by atoms with Gasteiger partial charge in [-0.1, -0.05) is 0 Å². The maximum Gasteiger partial charge on any atom is 2.00 e. The monoisotopic (exact) mass is 616 g/mol. The molecule has 0 aromatic rings. The minimum Gasteiger partial charge on any atom is 2.00 e. The maximum absolute atomic E-state index is 8.72. The van der Waals surface area contributed by atoms with Crippen LogP contribution in [0, 0.1) is 0 Å². The molecule has 0 aliphatic rings. The van der Waals surface area contributed by atoms with Crippen molar-refractivity contribution in [2.24, 2.45) is 0 Å². The van der Waals surface area contributed by atoms with Gasteiger partial charge in [0.05, 0.1) is 0 Å². The van der Waals surface area contributed by atoms with Crippen LogP contribution >= 0.6 is 0 Å². The van der Waals surface area contributed by atoms with Crippen LogP contribution in [0.4, 0.5) is 4.79 Å². The molecule has 0 aromatic heterocycles. The summed E-state index contributed by atoms with van der Waals surface area (Å²) >= 11 is -5.62. The molecule has 0 unspecified atom stereocenters. The fourth-order valence-electron chi connectivity index (χ4n) is 0. The first-order valence-electron chi connectivity index (χ1n) is 1.36. The molecule has 0 bridgehead atoms. The average molecular weight is 614 g/mol. The quantitative estimate of drug-likeness (QED) is 0.267. The van der Waals surface area contributed by atoms with Gasteiger partial charge < -0.3 is 15.0 Å². The predicted octanol–water partition coefficient (Wildman–Crippen LogP) is -6.64. The molecule has 1 N–H and O–H groups in total. The van der Waals surface area contributed by atoms with Crippen molar-refractivity contribution < 1.29 is 31.0 Å². The maximum atomic E-state index is 8.72. The molecule has 0 aromatic carbocycles. The Morgan fingerprint density at radius 3 is 1.18 bits per heavy atom. The SMILES string of the molecule is O=C([O-])[O-].O=[As]([O-])([O-])O.[Pb+2].[Pb+2]. The molecule has 0 spiro atoms. The fraction of sp³-hybridized carbons (Fsp3) is 0. The summed E-state index contributed by atoms with van der Waals surface area (Å²) in [6, 6.07) is 0. The van der Waals surface area contributed by atoms with Gasteiger partial charge in [0.15, 0.2) is 0 Å². The first kappa shape index (κ1) is 22.8. The third-order valence-corrected chi connectivity index (χ3v) is 0. The summed E-state index contributed by atoms with van der Waals surface area (Å²) in [4.78, 5) is 8.33. The summed E-state index contributed by atoms with van der Waals surface area (Å²) in [6.45, 7) is 0. The third kappa shape index (κ3) is 543. The van der Waals surface area contributed by atoms with Gasteiger partial charge in [0.1, 0.15) is 0 Å². The molecule has 10 heteroatoms. The summed E-state index contributed by atoms with van der Waals surface area (Å²) in [5.41, 5.74) is 0. The largest absolute Gasteiger partial charge is 2.00 e. The van der Waals surface area contributed by atoms with E-state index in [0.717, 1.165) is 0 Å². The van der Waals surface area contributed by atoms with Gasteiger partial charge in [-0.15, -0.1) is 0 Å². The van der Waals surface area contributed by atoms with E-state index >= 15 is 0 Å². The van der Waals surface area contributed by atoms with Crippen LogP contribution in [-0.4, -0.2) is 79.4 Å². The van der Waals surface area contributed by atoms with Crippen molar-refractivity contribution in [2.45, 2.75) is 0 Å². The zero-order valence-electron chi connectivity index (χ0n) is 4.84. The fourth-order valence-corrected chi connectivity index (χ4v) is 0. The minimum absolute atomic E-state index is 0. The third-order valence-electron chi connectivity index (χ3n) is 0. The molecule has 0 saturated heterocycles. The molecular weight excluding hydrogens is 613 g/mol. The van der Waals surface area contributed by atoms with E-state index in [-0.39, 0.29) is 54.6 Å². The van der Waals surface area contributed by atoms with Gasteiger partial charge in [-0.2, -0.15) is 0 Å². The smallest absolute Gasteiger partial charge is 2.00 e. The Balaban J connectivity index is -0.0000000383. The van der Waals surface area contributed by atoms with Crippen LogP contribution in [-0.2, 0) is 3.74 Å². The molecular formula is CHAsO7Pb2. The van der Waals surface area contributed by atoms with Crippen LogP contribution in [0.15, 0.2) is 0 Å². The standard InChI is InChI=1S/CH2O3.AsH3O4.2Pb/c2-1(3)4;2-1(3,4)5;;/h(H2,2,3,4);(H3,2,3,4,5);;/q;;2*+2/p-4. The second-order valence-corrected chi connectivity index (χ2v) is 2.68. The minimum atomic E-state index is -5.62. The van der Waals surface area contributed by atoms with Crippen LogP contribution in [0.25, 0.3) is 0 Å². The van der Waals surface area contributed by atoms with Gasteiger partial charge in [0.25, 0.3) is 0 Å². The van der Waals surface area contributed by atoms with E-state index in [1.165, 1.54) is 0 Å². The van der Waals surface area contributed by atoms with Crippen molar-refractivity contribution in [2.75, 3.05) is 0 Å². The van der Waals surface area contributed by atoms with Crippen LogP contribution in [0.2, 0.25) is 0 Å². The van der Waals surface area contributed by atoms with Crippen molar-refractivity contribution in [1.82, 2.24) is 0 Å². The number of hydrogen-bond donors (Lipinski definition) is 1. The zero-order valence-corrected chi connectivity index (χ0v) is 14.5. The Morgan fingerprint density at radius 1 is 1.18 bits per heavy atom. The molecule has 0 aliphatic carbocycles. The molecule has 0 amide bonds. The van der Waals surface area contributed by atoms with E-state index in [1.54, 1.807) is 0 Å². The van der Waals surface area contributed by atoms with Crippen molar-refractivity contribution in [3.63, 3.8) is 0 Å². The first-order valence-corrected chi connectivity index (χ1v) is 4.50. The van der Waals surface area contributed by atoms with Crippen molar-refractivity contribution >= 4 is 75.3 Å². The van der Waals surface area contributed by atoms with Gasteiger partial charge in [-0.05, 0) is 6.16 Å². The van der Waals surface area contributed by atoms with Gasteiger partial charge >= 0.3 is 85.1 Å². The van der Waals surface area contributed by atoms with Crippen LogP contribution < -0.4 is 18.4 Å². The Labute approximate surface area is 105 Å². The zero-order chi connectivity index (χ0) is 8.08. The summed E-state index contributed by atoms with van der Waals surface area (Å²) in [6.07, 6.45) is -2.33. The summed E-state index contributed by atoms with van der Waals surface area (Å²) in [7, 11) is 0. The van der Waals surface area contributed by atoms with Crippen LogP contribution in [0.3, 0.4) is 0 Å². The van der Waals surface area contributed by atoms with Gasteiger partial charge in [0.2, 0.25) is 0 Å². The molecule has 0 heterocycles. The molecule has 7 nitrogen and oxygen atoms in total. The normalized spacial score (nSPS) is 7.55. The van der Waals surface area contributed by atoms with Gasteiger partial charge in [-0.3, -0.25) is 0 Å². The molecule has 0 atom stereocenters. The predicted molar refractivity (Wildman–Crippen MR) is 25.6 cm³/mol. The van der Waals surface area contributed by atoms with Crippen molar-refractivity contribution in [1.29, 1.82) is 0 Å². The summed E-state index contributed by atoms with van der Waals surface area (Å²) < 4.78 is 33.2. The number of carbonyl (C=O) groups excluding carboxylic acids is 1. The Kier molecular flexibility index (Phi) is 23.6. The summed E-state index contributed by atoms with van der Waals surface area (Å²) in [5, 5.41) is 16.7. The molecule has 0 saturated carbocycles. The van der Waals surface area contributed by atoms with E-state index in [1.807, 2.05) is 0 Å². The Bertz CT molecular complexity index is 116. The number of rotatable bonds is 0. The second kappa shape index (κ2) is 11.4. The summed E-state index contributed by atoms with van der Waals surface area (Å²) in [5.74, 6) is 0. The Hall–Kier alpha value is 1.35. The van der Waals surface area contributed by atoms with E-state index in [2.05, 4.69) is 0 Å². The van der Waals surface area contributed by atoms with Crippen molar-refractivity contribution in [3.05, 3.63) is 0 Å². The molecule has 0 rings (SSSR count). The van der Waals surface area contributed by atoms with E-state index in [9.17, 15) is 0 Å². The second-order valence-electron chi connectivity index (χ2n) is 0.719. The molecule has 60 valence electrons. The van der Waals surface area contributed by atoms with E-state index in [0.29, 0.717) is 0 Å².